The van der Waals surface area contributed by atoms with Crippen LogP contribution in [0.15, 0.2) is 48.9 Å². The summed E-state index contributed by atoms with van der Waals surface area (Å²) in [7, 11) is 0. The smallest absolute Gasteiger partial charge is 0.345 e. The second kappa shape index (κ2) is 6.26. The number of hydrogen-bond acceptors (Lipinski definition) is 4. The molecule has 0 saturated carbocycles. The molecule has 0 aliphatic carbocycles. The van der Waals surface area contributed by atoms with Crippen LogP contribution in [0.5, 0.6) is 0 Å². The molecule has 124 valence electrons. The molecule has 1 aromatic carbocycles. The van der Waals surface area contributed by atoms with Crippen molar-refractivity contribution in [3.63, 3.8) is 0 Å². The standard InChI is InChI=1S/C15H11F4N5/c16-11-1-3-12(4-2-11)24-8-10(7-22-24)13-5-6-20-14(23-13)21-9-15(17,18)19/h1-8H,9H2,(H,20,21,23). The fourth-order valence-corrected chi connectivity index (χ4v) is 1.97. The maximum absolute atomic E-state index is 12.9. The maximum Gasteiger partial charge on any atom is 0.405 e. The van der Waals surface area contributed by atoms with Gasteiger partial charge in [0.05, 0.1) is 17.6 Å². The third kappa shape index (κ3) is 3.86. The van der Waals surface area contributed by atoms with Gasteiger partial charge >= 0.3 is 6.18 Å². The topological polar surface area (TPSA) is 55.6 Å². The first kappa shape index (κ1) is 15.9. The molecule has 0 saturated heterocycles. The Hall–Kier alpha value is -2.97. The van der Waals surface area contributed by atoms with Crippen molar-refractivity contribution < 1.29 is 17.6 Å². The molecule has 24 heavy (non-hydrogen) atoms. The van der Waals surface area contributed by atoms with Crippen LogP contribution in [0, 0.1) is 5.82 Å². The van der Waals surface area contributed by atoms with Crippen molar-refractivity contribution in [3.8, 4) is 16.9 Å². The third-order valence-electron chi connectivity index (χ3n) is 3.07. The number of halogens is 4. The van der Waals surface area contributed by atoms with Crippen LogP contribution in [0.2, 0.25) is 0 Å². The highest BCUT2D eigenvalue weighted by Gasteiger charge is 2.27. The van der Waals surface area contributed by atoms with Crippen molar-refractivity contribution in [1.29, 1.82) is 0 Å². The Labute approximate surface area is 134 Å². The van der Waals surface area contributed by atoms with Crippen LogP contribution in [0.1, 0.15) is 0 Å². The lowest BCUT2D eigenvalue weighted by molar-refractivity contribution is -0.115. The number of nitrogens with one attached hydrogen (secondary N) is 1. The minimum absolute atomic E-state index is 0.126. The Morgan fingerprint density at radius 3 is 2.54 bits per heavy atom. The van der Waals surface area contributed by atoms with Gasteiger partial charge < -0.3 is 5.32 Å². The van der Waals surface area contributed by atoms with Gasteiger partial charge in [-0.3, -0.25) is 0 Å². The Bertz CT molecular complexity index is 826. The molecule has 0 atom stereocenters. The largest absolute Gasteiger partial charge is 0.405 e. The number of benzene rings is 1. The number of rotatable bonds is 4. The van der Waals surface area contributed by atoms with E-state index in [1.807, 2.05) is 0 Å². The SMILES string of the molecule is Fc1ccc(-n2cc(-c3ccnc(NCC(F)(F)F)n3)cn2)cc1. The molecule has 0 unspecified atom stereocenters. The fraction of sp³-hybridized carbons (Fsp3) is 0.133. The predicted octanol–water partition coefficient (Wildman–Crippen LogP) is 3.44. The summed E-state index contributed by atoms with van der Waals surface area (Å²) in [6.07, 6.45) is 0.158. The fourth-order valence-electron chi connectivity index (χ4n) is 1.97. The predicted molar refractivity (Wildman–Crippen MR) is 79.1 cm³/mol. The number of hydrogen-bond donors (Lipinski definition) is 1. The maximum atomic E-state index is 12.9. The summed E-state index contributed by atoms with van der Waals surface area (Å²) < 4.78 is 51.1. The average molecular weight is 337 g/mol. The summed E-state index contributed by atoms with van der Waals surface area (Å²) in [6.45, 7) is -1.22. The molecule has 0 radical (unpaired) electrons. The zero-order valence-electron chi connectivity index (χ0n) is 12.1. The number of anilines is 1. The van der Waals surface area contributed by atoms with E-state index in [9.17, 15) is 17.6 Å². The van der Waals surface area contributed by atoms with E-state index in [0.717, 1.165) is 0 Å². The summed E-state index contributed by atoms with van der Waals surface area (Å²) in [5.74, 6) is -0.485. The van der Waals surface area contributed by atoms with E-state index in [1.165, 1.54) is 29.2 Å². The highest BCUT2D eigenvalue weighted by atomic mass is 19.4. The van der Waals surface area contributed by atoms with Crippen molar-refractivity contribution in [1.82, 2.24) is 19.7 Å². The summed E-state index contributed by atoms with van der Waals surface area (Å²) in [5.41, 5.74) is 1.66. The van der Waals surface area contributed by atoms with Crippen LogP contribution < -0.4 is 5.32 Å². The number of aromatic nitrogens is 4. The minimum atomic E-state index is -4.35. The van der Waals surface area contributed by atoms with Crippen LogP contribution in [-0.2, 0) is 0 Å². The molecule has 3 aromatic rings. The lowest BCUT2D eigenvalue weighted by Crippen LogP contribution is -2.22. The normalized spacial score (nSPS) is 11.5. The molecule has 0 spiro atoms. The molecule has 0 bridgehead atoms. The number of alkyl halides is 3. The summed E-state index contributed by atoms with van der Waals surface area (Å²) in [6, 6.07) is 7.29. The lowest BCUT2D eigenvalue weighted by Gasteiger charge is -2.08. The zero-order valence-corrected chi connectivity index (χ0v) is 12.1. The Morgan fingerprint density at radius 2 is 1.83 bits per heavy atom. The lowest BCUT2D eigenvalue weighted by atomic mass is 10.2. The van der Waals surface area contributed by atoms with Crippen LogP contribution >= 0.6 is 0 Å². The zero-order chi connectivity index (χ0) is 17.2. The molecular formula is C15H11F4N5. The van der Waals surface area contributed by atoms with Crippen molar-refractivity contribution >= 4 is 5.95 Å². The monoisotopic (exact) mass is 337 g/mol. The van der Waals surface area contributed by atoms with E-state index in [2.05, 4.69) is 20.4 Å². The average Bonchev–Trinajstić information content (AvgIpc) is 3.03. The molecule has 2 aromatic heterocycles. The van der Waals surface area contributed by atoms with Crippen LogP contribution in [0.4, 0.5) is 23.5 Å². The molecular weight excluding hydrogens is 326 g/mol. The Morgan fingerprint density at radius 1 is 1.08 bits per heavy atom. The van der Waals surface area contributed by atoms with Crippen LogP contribution in [0.25, 0.3) is 16.9 Å². The first-order valence-electron chi connectivity index (χ1n) is 6.85. The van der Waals surface area contributed by atoms with Gasteiger partial charge in [0.1, 0.15) is 12.4 Å². The highest BCUT2D eigenvalue weighted by molar-refractivity contribution is 5.58. The first-order chi connectivity index (χ1) is 11.4. The Balaban J connectivity index is 1.81. The van der Waals surface area contributed by atoms with Crippen molar-refractivity contribution in [2.24, 2.45) is 0 Å². The summed E-state index contributed by atoms with van der Waals surface area (Å²) in [4.78, 5) is 7.78. The van der Waals surface area contributed by atoms with Crippen molar-refractivity contribution in [3.05, 3.63) is 54.7 Å². The van der Waals surface area contributed by atoms with E-state index in [-0.39, 0.29) is 11.8 Å². The number of nitrogens with zero attached hydrogens (tertiary/aromatic N) is 4. The van der Waals surface area contributed by atoms with E-state index in [1.54, 1.807) is 24.4 Å². The van der Waals surface area contributed by atoms with E-state index < -0.39 is 12.7 Å². The van der Waals surface area contributed by atoms with Gasteiger partial charge in [0.25, 0.3) is 0 Å². The van der Waals surface area contributed by atoms with Crippen LogP contribution in [-0.4, -0.2) is 32.5 Å². The van der Waals surface area contributed by atoms with Gasteiger partial charge in [-0.05, 0) is 30.3 Å². The van der Waals surface area contributed by atoms with Gasteiger partial charge in [-0.2, -0.15) is 18.3 Å². The van der Waals surface area contributed by atoms with E-state index >= 15 is 0 Å². The Kier molecular flexibility index (Phi) is 4.15. The molecule has 0 amide bonds. The van der Waals surface area contributed by atoms with Crippen LogP contribution in [0.3, 0.4) is 0 Å². The van der Waals surface area contributed by atoms with E-state index in [0.29, 0.717) is 16.9 Å². The molecule has 0 aliphatic heterocycles. The van der Waals surface area contributed by atoms with E-state index in [4.69, 9.17) is 0 Å². The second-order valence-electron chi connectivity index (χ2n) is 4.88. The van der Waals surface area contributed by atoms with Gasteiger partial charge in [-0.25, -0.2) is 19.0 Å². The quantitative estimate of drug-likeness (QED) is 0.741. The minimum Gasteiger partial charge on any atom is -0.345 e. The summed E-state index contributed by atoms with van der Waals surface area (Å²) in [5, 5.41) is 6.26. The molecule has 0 fully saturated rings. The second-order valence-corrected chi connectivity index (χ2v) is 4.88. The first-order valence-corrected chi connectivity index (χ1v) is 6.85. The van der Waals surface area contributed by atoms with Crippen molar-refractivity contribution in [2.75, 3.05) is 11.9 Å². The van der Waals surface area contributed by atoms with Gasteiger partial charge in [-0.1, -0.05) is 0 Å². The molecule has 3 rings (SSSR count). The highest BCUT2D eigenvalue weighted by Crippen LogP contribution is 2.20. The van der Waals surface area contributed by atoms with Crippen molar-refractivity contribution in [2.45, 2.75) is 6.18 Å². The third-order valence-corrected chi connectivity index (χ3v) is 3.07. The van der Waals surface area contributed by atoms with Gasteiger partial charge in [0.2, 0.25) is 5.95 Å². The van der Waals surface area contributed by atoms with Gasteiger partial charge in [0.15, 0.2) is 0 Å². The molecule has 5 nitrogen and oxygen atoms in total. The summed E-state index contributed by atoms with van der Waals surface area (Å²) >= 11 is 0. The van der Waals surface area contributed by atoms with Gasteiger partial charge in [0, 0.05) is 18.0 Å². The molecule has 0 aliphatic rings. The molecule has 1 N–H and O–H groups in total. The van der Waals surface area contributed by atoms with Gasteiger partial charge in [-0.15, -0.1) is 0 Å². The molecule has 2 heterocycles. The molecule has 9 heteroatoms.